The summed E-state index contributed by atoms with van der Waals surface area (Å²) in [6.07, 6.45) is 0.880. The Labute approximate surface area is 160 Å². The molecule has 0 aromatic heterocycles. The van der Waals surface area contributed by atoms with E-state index in [0.29, 0.717) is 31.5 Å². The van der Waals surface area contributed by atoms with Gasteiger partial charge in [-0.15, -0.1) is 0 Å². The SMILES string of the molecule is CC(NC(=O)c1ccccc1)C(=O)N1CCC(NC(=O)OC(C)(C)C)CC1. The van der Waals surface area contributed by atoms with Crippen molar-refractivity contribution in [3.05, 3.63) is 35.9 Å². The van der Waals surface area contributed by atoms with E-state index in [2.05, 4.69) is 10.6 Å². The molecule has 1 saturated heterocycles. The van der Waals surface area contributed by atoms with Crippen LogP contribution in [0.4, 0.5) is 4.79 Å². The zero-order valence-electron chi connectivity index (χ0n) is 16.5. The van der Waals surface area contributed by atoms with Crippen molar-refractivity contribution in [2.45, 2.75) is 58.2 Å². The average molecular weight is 375 g/mol. The molecule has 1 aromatic rings. The second-order valence-corrected chi connectivity index (χ2v) is 7.81. The molecule has 1 aliphatic heterocycles. The fourth-order valence-corrected chi connectivity index (χ4v) is 2.92. The van der Waals surface area contributed by atoms with Crippen molar-refractivity contribution in [1.29, 1.82) is 0 Å². The van der Waals surface area contributed by atoms with Crippen LogP contribution in [0.15, 0.2) is 30.3 Å². The molecule has 0 aliphatic carbocycles. The molecule has 148 valence electrons. The van der Waals surface area contributed by atoms with Crippen LogP contribution in [0.1, 0.15) is 50.9 Å². The first-order chi connectivity index (χ1) is 12.7. The molecule has 1 heterocycles. The van der Waals surface area contributed by atoms with Crippen molar-refractivity contribution in [2.75, 3.05) is 13.1 Å². The first-order valence-electron chi connectivity index (χ1n) is 9.30. The lowest BCUT2D eigenvalue weighted by molar-refractivity contribution is -0.133. The molecule has 2 N–H and O–H groups in total. The number of nitrogens with one attached hydrogen (secondary N) is 2. The Morgan fingerprint density at radius 2 is 1.70 bits per heavy atom. The van der Waals surface area contributed by atoms with Gasteiger partial charge in [0.05, 0.1) is 0 Å². The van der Waals surface area contributed by atoms with E-state index in [9.17, 15) is 14.4 Å². The highest BCUT2D eigenvalue weighted by atomic mass is 16.6. The summed E-state index contributed by atoms with van der Waals surface area (Å²) in [4.78, 5) is 38.3. The summed E-state index contributed by atoms with van der Waals surface area (Å²) in [5.41, 5.74) is -0.00919. The minimum absolute atomic E-state index is 0.0156. The summed E-state index contributed by atoms with van der Waals surface area (Å²) in [7, 11) is 0. The van der Waals surface area contributed by atoms with Crippen molar-refractivity contribution in [2.24, 2.45) is 0 Å². The van der Waals surface area contributed by atoms with Gasteiger partial charge < -0.3 is 20.3 Å². The van der Waals surface area contributed by atoms with Gasteiger partial charge in [-0.05, 0) is 52.7 Å². The van der Waals surface area contributed by atoms with Crippen molar-refractivity contribution < 1.29 is 19.1 Å². The normalized spacial score (nSPS) is 16.4. The third-order valence-electron chi connectivity index (χ3n) is 4.28. The number of piperidine rings is 1. The zero-order chi connectivity index (χ0) is 20.0. The number of carbonyl (C=O) groups excluding carboxylic acids is 3. The third-order valence-corrected chi connectivity index (χ3v) is 4.28. The molecule has 3 amide bonds. The number of hydrogen-bond acceptors (Lipinski definition) is 4. The molecular formula is C20H29N3O4. The number of alkyl carbamates (subject to hydrolysis) is 1. The highest BCUT2D eigenvalue weighted by molar-refractivity contribution is 5.97. The smallest absolute Gasteiger partial charge is 0.407 e. The Bertz CT molecular complexity index is 662. The van der Waals surface area contributed by atoms with E-state index in [1.54, 1.807) is 36.1 Å². The van der Waals surface area contributed by atoms with Gasteiger partial charge in [0.1, 0.15) is 11.6 Å². The molecule has 7 heteroatoms. The molecule has 27 heavy (non-hydrogen) atoms. The minimum Gasteiger partial charge on any atom is -0.444 e. The molecule has 2 rings (SSSR count). The second kappa shape index (κ2) is 8.88. The highest BCUT2D eigenvalue weighted by Gasteiger charge is 2.28. The van der Waals surface area contributed by atoms with E-state index in [1.807, 2.05) is 26.8 Å². The van der Waals surface area contributed by atoms with E-state index >= 15 is 0 Å². The molecule has 1 aliphatic rings. The molecule has 7 nitrogen and oxygen atoms in total. The molecular weight excluding hydrogens is 346 g/mol. The third kappa shape index (κ3) is 6.58. The summed E-state index contributed by atoms with van der Waals surface area (Å²) in [6, 6.07) is 8.20. The van der Waals surface area contributed by atoms with E-state index in [-0.39, 0.29) is 17.9 Å². The first kappa shape index (κ1) is 20.7. The number of likely N-dealkylation sites (tertiary alicyclic amines) is 1. The van der Waals surface area contributed by atoms with Crippen LogP contribution in [0.2, 0.25) is 0 Å². The molecule has 0 bridgehead atoms. The Morgan fingerprint density at radius 1 is 1.11 bits per heavy atom. The summed E-state index contributed by atoms with van der Waals surface area (Å²) in [5, 5.41) is 5.59. The van der Waals surface area contributed by atoms with E-state index in [1.165, 1.54) is 0 Å². The maximum absolute atomic E-state index is 12.6. The standard InChI is InChI=1S/C20H29N3O4/c1-14(21-17(24)15-8-6-5-7-9-15)18(25)23-12-10-16(11-13-23)22-19(26)27-20(2,3)4/h5-9,14,16H,10-13H2,1-4H3,(H,21,24)(H,22,26). The quantitative estimate of drug-likeness (QED) is 0.845. The first-order valence-corrected chi connectivity index (χ1v) is 9.30. The predicted molar refractivity (Wildman–Crippen MR) is 102 cm³/mol. The number of hydrogen-bond donors (Lipinski definition) is 2. The van der Waals surface area contributed by atoms with Crippen molar-refractivity contribution in [3.63, 3.8) is 0 Å². The van der Waals surface area contributed by atoms with Crippen LogP contribution in [0.3, 0.4) is 0 Å². The molecule has 0 spiro atoms. The van der Waals surface area contributed by atoms with Crippen LogP contribution in [-0.2, 0) is 9.53 Å². The number of benzene rings is 1. The van der Waals surface area contributed by atoms with Gasteiger partial charge in [0.15, 0.2) is 0 Å². The molecule has 1 unspecified atom stereocenters. The van der Waals surface area contributed by atoms with Crippen LogP contribution in [0, 0.1) is 0 Å². The van der Waals surface area contributed by atoms with E-state index < -0.39 is 17.7 Å². The van der Waals surface area contributed by atoms with Crippen molar-refractivity contribution in [1.82, 2.24) is 15.5 Å². The summed E-state index contributed by atoms with van der Waals surface area (Å²) < 4.78 is 5.26. The van der Waals surface area contributed by atoms with Gasteiger partial charge in [-0.1, -0.05) is 18.2 Å². The number of ether oxygens (including phenoxy) is 1. The lowest BCUT2D eigenvalue weighted by Gasteiger charge is -2.34. The van der Waals surface area contributed by atoms with Gasteiger partial charge in [0.25, 0.3) is 5.91 Å². The number of nitrogens with zero attached hydrogens (tertiary/aromatic N) is 1. The molecule has 1 atom stereocenters. The average Bonchev–Trinajstić information content (AvgIpc) is 2.60. The van der Waals surface area contributed by atoms with Gasteiger partial charge in [0.2, 0.25) is 5.91 Å². The summed E-state index contributed by atoms with van der Waals surface area (Å²) in [5.74, 6) is -0.382. The van der Waals surface area contributed by atoms with Crippen molar-refractivity contribution in [3.8, 4) is 0 Å². The van der Waals surface area contributed by atoms with Crippen LogP contribution >= 0.6 is 0 Å². The Balaban J connectivity index is 1.78. The van der Waals surface area contributed by atoms with Crippen LogP contribution in [0.5, 0.6) is 0 Å². The predicted octanol–water partition coefficient (Wildman–Crippen LogP) is 2.32. The topological polar surface area (TPSA) is 87.7 Å². The van der Waals surface area contributed by atoms with E-state index in [0.717, 1.165) is 0 Å². The monoisotopic (exact) mass is 375 g/mol. The molecule has 0 radical (unpaired) electrons. The number of amides is 3. The molecule has 1 aromatic carbocycles. The highest BCUT2D eigenvalue weighted by Crippen LogP contribution is 2.13. The summed E-state index contributed by atoms with van der Waals surface area (Å²) in [6.45, 7) is 8.21. The van der Waals surface area contributed by atoms with Crippen LogP contribution < -0.4 is 10.6 Å². The lowest BCUT2D eigenvalue weighted by Crippen LogP contribution is -2.52. The molecule has 0 saturated carbocycles. The second-order valence-electron chi connectivity index (χ2n) is 7.81. The Kier molecular flexibility index (Phi) is 6.82. The zero-order valence-corrected chi connectivity index (χ0v) is 16.5. The lowest BCUT2D eigenvalue weighted by atomic mass is 10.0. The Hall–Kier alpha value is -2.57. The fraction of sp³-hybridized carbons (Fsp3) is 0.550. The van der Waals surface area contributed by atoms with Gasteiger partial charge in [-0.2, -0.15) is 0 Å². The maximum atomic E-state index is 12.6. The summed E-state index contributed by atoms with van der Waals surface area (Å²) >= 11 is 0. The largest absolute Gasteiger partial charge is 0.444 e. The van der Waals surface area contributed by atoms with Gasteiger partial charge >= 0.3 is 6.09 Å². The van der Waals surface area contributed by atoms with E-state index in [4.69, 9.17) is 4.74 Å². The fourth-order valence-electron chi connectivity index (χ4n) is 2.92. The molecule has 1 fully saturated rings. The number of carbonyl (C=O) groups is 3. The van der Waals surface area contributed by atoms with Crippen LogP contribution in [0.25, 0.3) is 0 Å². The Morgan fingerprint density at radius 3 is 2.26 bits per heavy atom. The van der Waals surface area contributed by atoms with Gasteiger partial charge in [0, 0.05) is 24.7 Å². The maximum Gasteiger partial charge on any atom is 0.407 e. The van der Waals surface area contributed by atoms with Gasteiger partial charge in [-0.3, -0.25) is 9.59 Å². The number of rotatable bonds is 4. The van der Waals surface area contributed by atoms with Gasteiger partial charge in [-0.25, -0.2) is 4.79 Å². The van der Waals surface area contributed by atoms with Crippen molar-refractivity contribution >= 4 is 17.9 Å². The van der Waals surface area contributed by atoms with Crippen LogP contribution in [-0.4, -0.2) is 53.6 Å². The minimum atomic E-state index is -0.604.